The van der Waals surface area contributed by atoms with E-state index in [1.54, 1.807) is 24.3 Å². The van der Waals surface area contributed by atoms with Crippen molar-refractivity contribution in [2.45, 2.75) is 4.90 Å². The molecule has 0 spiro atoms. The number of rotatable bonds is 3. The number of hydrogen-bond donors (Lipinski definition) is 2. The van der Waals surface area contributed by atoms with E-state index in [4.69, 9.17) is 4.74 Å². The Bertz CT molecular complexity index is 1290. The number of nitrogens with zero attached hydrogens (tertiary/aromatic N) is 3. The molecule has 0 unspecified atom stereocenters. The number of phenols is 2. The van der Waals surface area contributed by atoms with Gasteiger partial charge in [-0.05, 0) is 6.07 Å². The number of fused-ring (bicyclic) bond motifs is 3. The third kappa shape index (κ3) is 2.68. The van der Waals surface area contributed by atoms with Crippen molar-refractivity contribution in [2.24, 2.45) is 10.2 Å². The van der Waals surface area contributed by atoms with Crippen LogP contribution in [0.15, 0.2) is 57.6 Å². The van der Waals surface area contributed by atoms with Crippen LogP contribution in [0.5, 0.6) is 17.2 Å². The largest absolute Gasteiger partial charge is 0.505 e. The fourth-order valence-corrected chi connectivity index (χ4v) is 4.16. The molecule has 0 amide bonds. The summed E-state index contributed by atoms with van der Waals surface area (Å²) in [6.45, 7) is 0. The number of aromatic hydroxyl groups is 2. The van der Waals surface area contributed by atoms with Gasteiger partial charge in [0.05, 0.1) is 11.0 Å². The summed E-state index contributed by atoms with van der Waals surface area (Å²) in [5.74, 6) is -1.46. The molecule has 0 aromatic heterocycles. The van der Waals surface area contributed by atoms with Gasteiger partial charge in [0.25, 0.3) is 5.69 Å². The quantitative estimate of drug-likeness (QED) is 0.385. The van der Waals surface area contributed by atoms with E-state index >= 15 is 0 Å². The highest BCUT2D eigenvalue weighted by atomic mass is 32.2. The maximum Gasteiger partial charge on any atom is 0.273 e. The molecule has 1 aliphatic heterocycles. The second-order valence-corrected chi connectivity index (χ2v) is 7.78. The van der Waals surface area contributed by atoms with Gasteiger partial charge < -0.3 is 14.9 Å². The van der Waals surface area contributed by atoms with Crippen LogP contribution in [0.3, 0.4) is 0 Å². The van der Waals surface area contributed by atoms with Crippen LogP contribution < -0.4 is 4.74 Å². The van der Waals surface area contributed by atoms with Crippen LogP contribution >= 0.6 is 0 Å². The zero-order valence-corrected chi connectivity index (χ0v) is 14.8. The molecule has 10 nitrogen and oxygen atoms in total. The van der Waals surface area contributed by atoms with Crippen LogP contribution in [-0.4, -0.2) is 29.5 Å². The number of nitro benzene ring substituents is 1. The highest BCUT2D eigenvalue weighted by molar-refractivity contribution is 7.91. The second kappa shape index (κ2) is 6.16. The first-order valence-electron chi connectivity index (χ1n) is 7.82. The Kier molecular flexibility index (Phi) is 3.89. The van der Waals surface area contributed by atoms with Crippen LogP contribution in [0, 0.1) is 10.1 Å². The molecule has 4 rings (SSSR count). The van der Waals surface area contributed by atoms with Crippen LogP contribution in [0.1, 0.15) is 0 Å². The van der Waals surface area contributed by atoms with Gasteiger partial charge in [-0.15, -0.1) is 10.2 Å². The van der Waals surface area contributed by atoms with Crippen LogP contribution in [0.25, 0.3) is 10.8 Å². The average Bonchev–Trinajstić information content (AvgIpc) is 2.98. The first-order valence-corrected chi connectivity index (χ1v) is 9.47. The molecule has 28 heavy (non-hydrogen) atoms. The maximum absolute atomic E-state index is 12.4. The molecular weight excluding hydrogens is 390 g/mol. The van der Waals surface area contributed by atoms with Gasteiger partial charge in [-0.2, -0.15) is 0 Å². The first kappa shape index (κ1) is 17.7. The first-order chi connectivity index (χ1) is 13.3. The summed E-state index contributed by atoms with van der Waals surface area (Å²) >= 11 is 0. The Morgan fingerprint density at radius 3 is 2.46 bits per heavy atom. The van der Waals surface area contributed by atoms with E-state index < -0.39 is 32.2 Å². The van der Waals surface area contributed by atoms with E-state index in [2.05, 4.69) is 10.2 Å². The lowest BCUT2D eigenvalue weighted by atomic mass is 10.1. The van der Waals surface area contributed by atoms with Gasteiger partial charge in [0.15, 0.2) is 17.4 Å². The summed E-state index contributed by atoms with van der Waals surface area (Å²) in [5.41, 5.74) is -0.811. The van der Waals surface area contributed by atoms with E-state index in [0.29, 0.717) is 10.8 Å². The maximum atomic E-state index is 12.4. The minimum atomic E-state index is -3.87. The van der Waals surface area contributed by atoms with E-state index in [1.165, 1.54) is 0 Å². The number of non-ortho nitro benzene ring substituents is 1. The van der Waals surface area contributed by atoms with Crippen molar-refractivity contribution in [1.82, 2.24) is 0 Å². The predicted molar refractivity (Wildman–Crippen MR) is 97.2 cm³/mol. The summed E-state index contributed by atoms with van der Waals surface area (Å²) in [6, 6.07) is 9.66. The van der Waals surface area contributed by atoms with Gasteiger partial charge >= 0.3 is 0 Å². The molecule has 3 aromatic rings. The van der Waals surface area contributed by atoms with E-state index in [0.717, 1.165) is 18.2 Å². The van der Waals surface area contributed by atoms with Crippen molar-refractivity contribution in [3.8, 4) is 17.2 Å². The molecule has 3 aromatic carbocycles. The molecule has 2 N–H and O–H groups in total. The number of benzene rings is 3. The van der Waals surface area contributed by atoms with Crippen molar-refractivity contribution < 1.29 is 28.3 Å². The van der Waals surface area contributed by atoms with Gasteiger partial charge in [0, 0.05) is 16.8 Å². The van der Waals surface area contributed by atoms with Crippen molar-refractivity contribution in [2.75, 3.05) is 5.94 Å². The van der Waals surface area contributed by atoms with Gasteiger partial charge in [0.2, 0.25) is 9.84 Å². The number of ether oxygens (including phenoxy) is 1. The zero-order chi connectivity index (χ0) is 20.1. The van der Waals surface area contributed by atoms with Crippen LogP contribution in [-0.2, 0) is 9.84 Å². The highest BCUT2D eigenvalue weighted by Crippen LogP contribution is 2.51. The molecule has 0 atom stereocenters. The number of sulfone groups is 1. The Labute approximate surface area is 157 Å². The fourth-order valence-electron chi connectivity index (χ4n) is 2.89. The third-order valence-corrected chi connectivity index (χ3v) is 5.60. The SMILES string of the molecule is O=[N+]([O-])c1ccc(N=Nc2c3c(c4ccccc4c2O)OCS3(=O)=O)c(O)c1. The summed E-state index contributed by atoms with van der Waals surface area (Å²) in [6.07, 6.45) is 0. The third-order valence-electron chi connectivity index (χ3n) is 4.17. The minimum absolute atomic E-state index is 0.0651. The van der Waals surface area contributed by atoms with Crippen molar-refractivity contribution in [1.29, 1.82) is 0 Å². The molecular formula is C17H11N3O7S. The van der Waals surface area contributed by atoms with Crippen LogP contribution in [0.2, 0.25) is 0 Å². The molecule has 11 heteroatoms. The second-order valence-electron chi connectivity index (χ2n) is 5.91. The summed E-state index contributed by atoms with van der Waals surface area (Å²) in [5, 5.41) is 39.5. The molecule has 0 aliphatic carbocycles. The highest BCUT2D eigenvalue weighted by Gasteiger charge is 2.36. The van der Waals surface area contributed by atoms with E-state index in [-0.39, 0.29) is 27.7 Å². The molecule has 1 aliphatic rings. The molecule has 142 valence electrons. The fraction of sp³-hybridized carbons (Fsp3) is 0.0588. The van der Waals surface area contributed by atoms with Crippen molar-refractivity contribution >= 4 is 37.7 Å². The monoisotopic (exact) mass is 401 g/mol. The Morgan fingerprint density at radius 1 is 1.07 bits per heavy atom. The molecule has 0 bridgehead atoms. The van der Waals surface area contributed by atoms with Gasteiger partial charge in [-0.3, -0.25) is 10.1 Å². The number of phenolic OH excluding ortho intramolecular Hbond substituents is 2. The lowest BCUT2D eigenvalue weighted by Crippen LogP contribution is -2.01. The lowest BCUT2D eigenvalue weighted by Gasteiger charge is -2.09. The molecule has 0 fully saturated rings. The Morgan fingerprint density at radius 2 is 1.79 bits per heavy atom. The Hall–Kier alpha value is -3.73. The molecule has 0 saturated carbocycles. The van der Waals surface area contributed by atoms with E-state index in [9.17, 15) is 28.7 Å². The van der Waals surface area contributed by atoms with E-state index in [1.807, 2.05) is 0 Å². The molecule has 0 radical (unpaired) electrons. The van der Waals surface area contributed by atoms with Gasteiger partial charge in [-0.1, -0.05) is 24.3 Å². The summed E-state index contributed by atoms with van der Waals surface area (Å²) < 4.78 is 30.1. The van der Waals surface area contributed by atoms with Gasteiger partial charge in [-0.25, -0.2) is 8.42 Å². The number of hydrogen-bond acceptors (Lipinski definition) is 9. The molecule has 1 heterocycles. The Balaban J connectivity index is 1.92. The zero-order valence-electron chi connectivity index (χ0n) is 13.9. The van der Waals surface area contributed by atoms with Gasteiger partial charge in [0.1, 0.15) is 22.1 Å². The number of nitro groups is 1. The normalized spacial score (nSPS) is 14.9. The van der Waals surface area contributed by atoms with Crippen LogP contribution in [0.4, 0.5) is 17.1 Å². The summed E-state index contributed by atoms with van der Waals surface area (Å²) in [4.78, 5) is 9.75. The number of azo groups is 1. The summed E-state index contributed by atoms with van der Waals surface area (Å²) in [7, 11) is -3.87. The van der Waals surface area contributed by atoms with Crippen molar-refractivity contribution in [3.05, 3.63) is 52.6 Å². The average molecular weight is 401 g/mol. The molecule has 0 saturated heterocycles. The lowest BCUT2D eigenvalue weighted by molar-refractivity contribution is -0.384. The smallest absolute Gasteiger partial charge is 0.273 e. The topological polar surface area (TPSA) is 152 Å². The predicted octanol–water partition coefficient (Wildman–Crippen LogP) is 3.70. The minimum Gasteiger partial charge on any atom is -0.505 e. The van der Waals surface area contributed by atoms with Crippen molar-refractivity contribution in [3.63, 3.8) is 0 Å². The standard InChI is InChI=1S/C17H11N3O7S/c21-13-7-9(20(23)24)5-6-12(13)18-19-14-15(22)10-3-1-2-4-11(10)16-17(14)28(25,26)8-27-16/h1-7,21-22H,8H2.